The Morgan fingerprint density at radius 2 is 1.50 bits per heavy atom. The summed E-state index contributed by atoms with van der Waals surface area (Å²) >= 11 is 0. The van der Waals surface area contributed by atoms with Crippen LogP contribution in [0.15, 0.2) is 91.7 Å². The number of para-hydroxylation sites is 1. The highest BCUT2D eigenvalue weighted by Crippen LogP contribution is 2.23. The van der Waals surface area contributed by atoms with Crippen LogP contribution in [0.1, 0.15) is 5.56 Å². The van der Waals surface area contributed by atoms with Crippen molar-refractivity contribution in [3.63, 3.8) is 0 Å². The van der Waals surface area contributed by atoms with Gasteiger partial charge in [0.05, 0.1) is 0 Å². The van der Waals surface area contributed by atoms with E-state index in [1.807, 2.05) is 49.5 Å². The van der Waals surface area contributed by atoms with Gasteiger partial charge in [-0.05, 0) is 28.8 Å². The lowest BCUT2D eigenvalue weighted by Crippen LogP contribution is -2.09. The second-order valence-electron chi connectivity index (χ2n) is 4.58. The van der Waals surface area contributed by atoms with E-state index >= 15 is 0 Å². The Bertz CT molecular complexity index is 609. The molecule has 0 radical (unpaired) electrons. The highest BCUT2D eigenvalue weighted by Gasteiger charge is 2.04. The van der Waals surface area contributed by atoms with Crippen molar-refractivity contribution in [2.75, 3.05) is 11.9 Å². The van der Waals surface area contributed by atoms with Crippen molar-refractivity contribution in [2.24, 2.45) is 0 Å². The van der Waals surface area contributed by atoms with E-state index < -0.39 is 0 Å². The number of anilines is 1. The van der Waals surface area contributed by atoms with E-state index in [0.29, 0.717) is 0 Å². The average molecular weight is 261 g/mol. The zero-order chi connectivity index (χ0) is 14.4. The summed E-state index contributed by atoms with van der Waals surface area (Å²) in [5, 5.41) is 0. The molecule has 0 atom stereocenters. The van der Waals surface area contributed by atoms with Crippen LogP contribution in [0.4, 0.5) is 5.69 Å². The normalized spacial score (nSPS) is 10.9. The van der Waals surface area contributed by atoms with Gasteiger partial charge in [0.1, 0.15) is 0 Å². The summed E-state index contributed by atoms with van der Waals surface area (Å²) in [5.41, 5.74) is 4.23. The van der Waals surface area contributed by atoms with Gasteiger partial charge in [0, 0.05) is 18.9 Å². The van der Waals surface area contributed by atoms with Gasteiger partial charge >= 0.3 is 0 Å². The zero-order valence-corrected chi connectivity index (χ0v) is 11.8. The van der Waals surface area contributed by atoms with E-state index in [-0.39, 0.29) is 0 Å². The van der Waals surface area contributed by atoms with Crippen LogP contribution in [0, 0.1) is 0 Å². The number of benzene rings is 2. The molecule has 0 aliphatic heterocycles. The number of allylic oxidation sites excluding steroid dienone is 3. The summed E-state index contributed by atoms with van der Waals surface area (Å²) < 4.78 is 0. The quantitative estimate of drug-likeness (QED) is 0.691. The van der Waals surface area contributed by atoms with Crippen molar-refractivity contribution in [1.82, 2.24) is 0 Å². The Morgan fingerprint density at radius 3 is 2.05 bits per heavy atom. The third-order valence-electron chi connectivity index (χ3n) is 3.19. The fourth-order valence-corrected chi connectivity index (χ4v) is 2.01. The van der Waals surface area contributed by atoms with Crippen LogP contribution >= 0.6 is 0 Å². The van der Waals surface area contributed by atoms with E-state index in [9.17, 15) is 0 Å². The van der Waals surface area contributed by atoms with E-state index in [0.717, 1.165) is 22.4 Å². The maximum atomic E-state index is 4.18. The van der Waals surface area contributed by atoms with Gasteiger partial charge in [-0.3, -0.25) is 0 Å². The van der Waals surface area contributed by atoms with Gasteiger partial charge in [-0.1, -0.05) is 67.8 Å². The minimum atomic E-state index is 0.975. The van der Waals surface area contributed by atoms with Crippen molar-refractivity contribution in [1.29, 1.82) is 0 Å². The third-order valence-corrected chi connectivity index (χ3v) is 3.19. The predicted molar refractivity (Wildman–Crippen MR) is 88.6 cm³/mol. The largest absolute Gasteiger partial charge is 0.350 e. The summed E-state index contributed by atoms with van der Waals surface area (Å²) in [6.07, 6.45) is 3.90. The van der Waals surface area contributed by atoms with Crippen LogP contribution in [0.2, 0.25) is 0 Å². The molecule has 0 aromatic heterocycles. The molecule has 20 heavy (non-hydrogen) atoms. The second kappa shape index (κ2) is 6.58. The first-order valence-electron chi connectivity index (χ1n) is 6.59. The smallest absolute Gasteiger partial charge is 0.0403 e. The molecule has 2 aromatic carbocycles. The summed E-state index contributed by atoms with van der Waals surface area (Å²) in [7, 11) is 2.02. The van der Waals surface area contributed by atoms with Gasteiger partial charge < -0.3 is 4.90 Å². The first-order chi connectivity index (χ1) is 9.72. The molecule has 2 aromatic rings. The molecule has 1 nitrogen and oxygen atoms in total. The molecule has 2 rings (SSSR count). The van der Waals surface area contributed by atoms with E-state index in [1.165, 1.54) is 0 Å². The maximum absolute atomic E-state index is 4.18. The van der Waals surface area contributed by atoms with E-state index in [2.05, 4.69) is 48.5 Å². The molecule has 0 aliphatic carbocycles. The number of hydrogen-bond donors (Lipinski definition) is 0. The standard InChI is InChI=1S/C19H19N/c1-4-17(16(2)18-11-7-5-8-12-18)15-20(3)19-13-9-6-10-14-19/h4-15H,1-2H2,3H3/b17-15-. The summed E-state index contributed by atoms with van der Waals surface area (Å²) in [6, 6.07) is 20.4. The summed E-state index contributed by atoms with van der Waals surface area (Å²) in [5.74, 6) is 0. The van der Waals surface area contributed by atoms with Gasteiger partial charge in [0.25, 0.3) is 0 Å². The topological polar surface area (TPSA) is 3.24 Å². The highest BCUT2D eigenvalue weighted by atomic mass is 15.1. The van der Waals surface area contributed by atoms with Crippen molar-refractivity contribution < 1.29 is 0 Å². The van der Waals surface area contributed by atoms with Crippen molar-refractivity contribution in [3.05, 3.63) is 97.2 Å². The van der Waals surface area contributed by atoms with E-state index in [1.54, 1.807) is 0 Å². The molecule has 0 spiro atoms. The molecular formula is C19H19N. The van der Waals surface area contributed by atoms with Gasteiger partial charge in [-0.25, -0.2) is 0 Å². The lowest BCUT2D eigenvalue weighted by molar-refractivity contribution is 1.19. The molecule has 0 unspecified atom stereocenters. The lowest BCUT2D eigenvalue weighted by Gasteiger charge is -2.17. The van der Waals surface area contributed by atoms with Gasteiger partial charge in [0.2, 0.25) is 0 Å². The molecule has 0 saturated carbocycles. The maximum Gasteiger partial charge on any atom is 0.0403 e. The minimum Gasteiger partial charge on any atom is -0.350 e. The summed E-state index contributed by atoms with van der Waals surface area (Å²) in [6.45, 7) is 8.08. The molecular weight excluding hydrogens is 242 g/mol. The summed E-state index contributed by atoms with van der Waals surface area (Å²) in [4.78, 5) is 2.07. The molecule has 100 valence electrons. The zero-order valence-electron chi connectivity index (χ0n) is 11.8. The fraction of sp³-hybridized carbons (Fsp3) is 0.0526. The van der Waals surface area contributed by atoms with Crippen LogP contribution in [-0.4, -0.2) is 7.05 Å². The van der Waals surface area contributed by atoms with Crippen LogP contribution in [0.25, 0.3) is 5.57 Å². The second-order valence-corrected chi connectivity index (χ2v) is 4.58. The minimum absolute atomic E-state index is 0.975. The average Bonchev–Trinajstić information content (AvgIpc) is 2.53. The molecule has 0 fully saturated rings. The Labute approximate surface area is 121 Å². The van der Waals surface area contributed by atoms with Crippen molar-refractivity contribution in [2.45, 2.75) is 0 Å². The van der Waals surface area contributed by atoms with Gasteiger partial charge in [-0.15, -0.1) is 0 Å². The van der Waals surface area contributed by atoms with E-state index in [4.69, 9.17) is 0 Å². The molecule has 0 N–H and O–H groups in total. The number of hydrogen-bond acceptors (Lipinski definition) is 1. The Hall–Kier alpha value is -2.54. The Kier molecular flexibility index (Phi) is 4.56. The Morgan fingerprint density at radius 1 is 0.950 bits per heavy atom. The number of rotatable bonds is 5. The first kappa shape index (κ1) is 13.9. The SMILES string of the molecule is C=C/C(=C/N(C)c1ccccc1)C(=C)c1ccccc1. The predicted octanol–water partition coefficient (Wildman–Crippen LogP) is 4.91. The molecule has 0 amide bonds. The van der Waals surface area contributed by atoms with Gasteiger partial charge in [0.15, 0.2) is 0 Å². The van der Waals surface area contributed by atoms with Crippen LogP contribution in [0.3, 0.4) is 0 Å². The van der Waals surface area contributed by atoms with Crippen molar-refractivity contribution >= 4 is 11.3 Å². The molecule has 0 saturated heterocycles. The van der Waals surface area contributed by atoms with Crippen molar-refractivity contribution in [3.8, 4) is 0 Å². The third kappa shape index (κ3) is 3.27. The van der Waals surface area contributed by atoms with Crippen LogP contribution in [0.5, 0.6) is 0 Å². The first-order valence-corrected chi connectivity index (χ1v) is 6.59. The molecule has 0 heterocycles. The lowest BCUT2D eigenvalue weighted by atomic mass is 10.0. The highest BCUT2D eigenvalue weighted by molar-refractivity contribution is 5.80. The van der Waals surface area contributed by atoms with Gasteiger partial charge in [-0.2, -0.15) is 0 Å². The fourth-order valence-electron chi connectivity index (χ4n) is 2.01. The molecule has 0 bridgehead atoms. The molecule has 0 aliphatic rings. The number of nitrogens with zero attached hydrogens (tertiary/aromatic N) is 1. The Balaban J connectivity index is 2.26. The monoisotopic (exact) mass is 261 g/mol. The molecule has 1 heteroatoms. The van der Waals surface area contributed by atoms with Crippen LogP contribution in [-0.2, 0) is 0 Å². The van der Waals surface area contributed by atoms with Crippen LogP contribution < -0.4 is 4.90 Å².